The normalized spacial score (nSPS) is 13.4. The Hall–Kier alpha value is -2.22. The summed E-state index contributed by atoms with van der Waals surface area (Å²) in [6.07, 6.45) is 3.71. The first-order valence-electron chi connectivity index (χ1n) is 12.5. The molecular weight excluding hydrogens is 434 g/mol. The summed E-state index contributed by atoms with van der Waals surface area (Å²) in [5.41, 5.74) is 4.85. The van der Waals surface area contributed by atoms with E-state index < -0.39 is 16.9 Å². The molecule has 0 saturated heterocycles. The maximum absolute atomic E-state index is 13.2. The summed E-state index contributed by atoms with van der Waals surface area (Å²) in [5.74, 6) is -1.11. The number of amides is 2. The van der Waals surface area contributed by atoms with E-state index in [0.29, 0.717) is 31.3 Å². The number of carbonyl (C=O) groups is 4. The summed E-state index contributed by atoms with van der Waals surface area (Å²) < 4.78 is 5.03. The van der Waals surface area contributed by atoms with Crippen LogP contribution in [0.3, 0.4) is 0 Å². The van der Waals surface area contributed by atoms with Crippen molar-refractivity contribution >= 4 is 23.6 Å². The average Bonchev–Trinajstić information content (AvgIpc) is 2.82. The Morgan fingerprint density at radius 1 is 1.00 bits per heavy atom. The molecule has 2 amide bonds. The summed E-state index contributed by atoms with van der Waals surface area (Å²) in [5, 5.41) is 2.75. The van der Waals surface area contributed by atoms with Gasteiger partial charge in [0.25, 0.3) is 0 Å². The molecule has 3 N–H and O–H groups in total. The van der Waals surface area contributed by atoms with Gasteiger partial charge in [-0.2, -0.15) is 0 Å². The van der Waals surface area contributed by atoms with Crippen molar-refractivity contribution in [2.45, 2.75) is 99.1 Å². The molecule has 0 aromatic carbocycles. The van der Waals surface area contributed by atoms with Crippen LogP contribution >= 0.6 is 0 Å². The number of hydrogen-bond acceptors (Lipinski definition) is 6. The highest BCUT2D eigenvalue weighted by molar-refractivity contribution is 5.95. The second-order valence-electron chi connectivity index (χ2n) is 9.44. The van der Waals surface area contributed by atoms with E-state index >= 15 is 0 Å². The molecule has 0 radical (unpaired) electrons. The number of rotatable bonds is 15. The molecule has 0 saturated carbocycles. The third-order valence-corrected chi connectivity index (χ3v) is 7.09. The summed E-state index contributed by atoms with van der Waals surface area (Å²) >= 11 is 0. The van der Waals surface area contributed by atoms with Gasteiger partial charge in [-0.05, 0) is 45.4 Å². The Bertz CT molecular complexity index is 737. The third kappa shape index (κ3) is 8.22. The van der Waals surface area contributed by atoms with E-state index in [9.17, 15) is 19.2 Å². The molecule has 0 aromatic rings. The molecular formula is C26H47N3O5. The number of ketones is 1. The van der Waals surface area contributed by atoms with Crippen molar-refractivity contribution in [3.63, 3.8) is 0 Å². The minimum atomic E-state index is -0.945. The molecule has 0 bridgehead atoms. The minimum absolute atomic E-state index is 0.0396. The fraction of sp³-hybridized carbons (Fsp3) is 0.769. The van der Waals surface area contributed by atoms with E-state index in [1.54, 1.807) is 27.0 Å². The zero-order valence-corrected chi connectivity index (χ0v) is 22.7. The number of esters is 1. The Morgan fingerprint density at radius 3 is 1.94 bits per heavy atom. The van der Waals surface area contributed by atoms with E-state index in [1.165, 1.54) is 4.90 Å². The van der Waals surface area contributed by atoms with Gasteiger partial charge in [-0.25, -0.2) is 4.79 Å². The number of nitrogens with one attached hydrogen (secondary N) is 1. The van der Waals surface area contributed by atoms with Gasteiger partial charge < -0.3 is 20.7 Å². The largest absolute Gasteiger partial charge is 0.463 e. The maximum atomic E-state index is 13.2. The zero-order chi connectivity index (χ0) is 26.7. The van der Waals surface area contributed by atoms with Crippen LogP contribution in [0.15, 0.2) is 11.6 Å². The standard InChI is InChI=1S/C26H47N3O5/c1-10-25(11-2,16-21(30)26(27,12-3)13-4)24(33)28-17-22(31)29(9)20(18(6)7)15-19(8)23(32)34-14-5/h15,18,20H,10-14,16-17,27H2,1-9H3,(H,28,33)/b19-15+/t20-/m1/s1. The molecule has 0 heterocycles. The third-order valence-electron chi connectivity index (χ3n) is 7.09. The highest BCUT2D eigenvalue weighted by atomic mass is 16.5. The van der Waals surface area contributed by atoms with Crippen LogP contribution in [-0.2, 0) is 23.9 Å². The molecule has 0 aliphatic heterocycles. The topological polar surface area (TPSA) is 119 Å². The fourth-order valence-electron chi connectivity index (χ4n) is 3.98. The number of carbonyl (C=O) groups excluding carboxylic acids is 4. The molecule has 196 valence electrons. The van der Waals surface area contributed by atoms with Crippen LogP contribution < -0.4 is 11.1 Å². The van der Waals surface area contributed by atoms with Crippen LogP contribution in [0.5, 0.6) is 0 Å². The second kappa shape index (κ2) is 14.2. The lowest BCUT2D eigenvalue weighted by molar-refractivity contribution is -0.140. The Balaban J connectivity index is 5.49. The number of hydrogen-bond donors (Lipinski definition) is 2. The molecule has 0 aromatic heterocycles. The second-order valence-corrected chi connectivity index (χ2v) is 9.44. The van der Waals surface area contributed by atoms with E-state index in [0.717, 1.165) is 0 Å². The van der Waals surface area contributed by atoms with Crippen molar-refractivity contribution in [2.24, 2.45) is 17.1 Å². The number of likely N-dealkylation sites (N-methyl/N-ethyl adjacent to an activating group) is 1. The van der Waals surface area contributed by atoms with Crippen molar-refractivity contribution < 1.29 is 23.9 Å². The van der Waals surface area contributed by atoms with Crippen LogP contribution in [0.2, 0.25) is 0 Å². The van der Waals surface area contributed by atoms with Gasteiger partial charge in [-0.15, -0.1) is 0 Å². The molecule has 0 spiro atoms. The van der Waals surface area contributed by atoms with E-state index in [-0.39, 0.29) is 49.1 Å². The van der Waals surface area contributed by atoms with Crippen molar-refractivity contribution in [3.05, 3.63) is 11.6 Å². The van der Waals surface area contributed by atoms with E-state index in [4.69, 9.17) is 10.5 Å². The molecule has 0 fully saturated rings. The molecule has 0 aliphatic carbocycles. The smallest absolute Gasteiger partial charge is 0.333 e. The predicted molar refractivity (Wildman–Crippen MR) is 135 cm³/mol. The lowest BCUT2D eigenvalue weighted by Crippen LogP contribution is -2.52. The predicted octanol–water partition coefficient (Wildman–Crippen LogP) is 3.38. The first-order valence-corrected chi connectivity index (χ1v) is 12.5. The number of nitrogens with two attached hydrogens (primary N) is 1. The summed E-state index contributed by atoms with van der Waals surface area (Å²) in [6, 6.07) is -0.343. The van der Waals surface area contributed by atoms with Crippen LogP contribution in [0.4, 0.5) is 0 Å². The Labute approximate surface area is 206 Å². The van der Waals surface area contributed by atoms with Crippen LogP contribution in [0.25, 0.3) is 0 Å². The molecule has 8 heteroatoms. The molecule has 0 unspecified atom stereocenters. The number of Topliss-reactive ketones (excluding diaryl/α,β-unsaturated/α-hetero) is 1. The highest BCUT2D eigenvalue weighted by Crippen LogP contribution is 2.34. The Kier molecular flexibility index (Phi) is 13.3. The van der Waals surface area contributed by atoms with Crippen LogP contribution in [0.1, 0.15) is 87.5 Å². The van der Waals surface area contributed by atoms with Gasteiger partial charge >= 0.3 is 5.97 Å². The first kappa shape index (κ1) is 31.8. The van der Waals surface area contributed by atoms with Gasteiger partial charge in [0.1, 0.15) is 0 Å². The summed E-state index contributed by atoms with van der Waals surface area (Å²) in [7, 11) is 1.65. The van der Waals surface area contributed by atoms with Gasteiger partial charge in [-0.3, -0.25) is 14.4 Å². The van der Waals surface area contributed by atoms with E-state index in [2.05, 4.69) is 5.32 Å². The number of nitrogens with zero attached hydrogens (tertiary/aromatic N) is 1. The van der Waals surface area contributed by atoms with Crippen molar-refractivity contribution in [1.29, 1.82) is 0 Å². The first-order chi connectivity index (χ1) is 15.8. The molecule has 8 nitrogen and oxygen atoms in total. The van der Waals surface area contributed by atoms with Gasteiger partial charge in [0.05, 0.1) is 30.1 Å². The molecule has 0 aliphatic rings. The average molecular weight is 482 g/mol. The SMILES string of the molecule is CCOC(=O)/C(C)=C/[C@H](C(C)C)N(C)C(=O)CNC(=O)C(CC)(CC)CC(=O)C(N)(CC)CC. The van der Waals surface area contributed by atoms with Crippen molar-refractivity contribution in [1.82, 2.24) is 10.2 Å². The highest BCUT2D eigenvalue weighted by Gasteiger charge is 2.42. The van der Waals surface area contributed by atoms with Crippen LogP contribution in [0, 0.1) is 11.3 Å². The van der Waals surface area contributed by atoms with Crippen molar-refractivity contribution in [3.8, 4) is 0 Å². The van der Waals surface area contributed by atoms with Gasteiger partial charge in [-0.1, -0.05) is 47.6 Å². The summed E-state index contributed by atoms with van der Waals surface area (Å²) in [6.45, 7) is 14.9. The van der Waals surface area contributed by atoms with Crippen molar-refractivity contribution in [2.75, 3.05) is 20.2 Å². The number of ether oxygens (including phenoxy) is 1. The van der Waals surface area contributed by atoms with Gasteiger partial charge in [0.2, 0.25) is 11.8 Å². The quantitative estimate of drug-likeness (QED) is 0.273. The molecule has 0 rings (SSSR count). The molecule has 1 atom stereocenters. The lowest BCUT2D eigenvalue weighted by Gasteiger charge is -2.34. The van der Waals surface area contributed by atoms with E-state index in [1.807, 2.05) is 41.5 Å². The van der Waals surface area contributed by atoms with Gasteiger partial charge in [0.15, 0.2) is 5.78 Å². The minimum Gasteiger partial charge on any atom is -0.463 e. The fourth-order valence-corrected chi connectivity index (χ4v) is 3.98. The monoisotopic (exact) mass is 481 g/mol. The lowest BCUT2D eigenvalue weighted by atomic mass is 9.72. The van der Waals surface area contributed by atoms with Gasteiger partial charge in [0, 0.05) is 19.0 Å². The Morgan fingerprint density at radius 2 is 1.53 bits per heavy atom. The van der Waals surface area contributed by atoms with Crippen LogP contribution in [-0.4, -0.2) is 60.2 Å². The zero-order valence-electron chi connectivity index (χ0n) is 22.7. The summed E-state index contributed by atoms with van der Waals surface area (Å²) in [4.78, 5) is 52.6. The molecule has 34 heavy (non-hydrogen) atoms. The maximum Gasteiger partial charge on any atom is 0.333 e.